The molecule has 0 saturated heterocycles. The Morgan fingerprint density at radius 2 is 2.10 bits per heavy atom. The molecule has 0 unspecified atom stereocenters. The first-order valence-corrected chi connectivity index (χ1v) is 9.01. The largest absolute Gasteiger partial charge is 0.370 e. The van der Waals surface area contributed by atoms with Crippen molar-refractivity contribution in [1.82, 2.24) is 9.88 Å². The lowest BCUT2D eigenvalue weighted by Crippen LogP contribution is -2.31. The van der Waals surface area contributed by atoms with E-state index in [0.717, 1.165) is 19.2 Å². The van der Waals surface area contributed by atoms with Gasteiger partial charge in [-0.2, -0.15) is 0 Å². The Hall–Kier alpha value is -1.34. The fourth-order valence-electron chi connectivity index (χ4n) is 1.59. The molecule has 1 amide bonds. The van der Waals surface area contributed by atoms with Crippen molar-refractivity contribution < 1.29 is 13.2 Å². The molecule has 0 aliphatic heterocycles. The summed E-state index contributed by atoms with van der Waals surface area (Å²) in [4.78, 5) is 17.7. The first-order chi connectivity index (χ1) is 9.73. The zero-order chi connectivity index (χ0) is 16.0. The zero-order valence-corrected chi connectivity index (χ0v) is 14.0. The molecular formula is C13H20ClN3O3S. The third-order valence-electron chi connectivity index (χ3n) is 2.74. The van der Waals surface area contributed by atoms with Gasteiger partial charge in [0.25, 0.3) is 5.91 Å². The normalized spacial score (nSPS) is 11.2. The average molecular weight is 334 g/mol. The van der Waals surface area contributed by atoms with E-state index in [-0.39, 0.29) is 23.4 Å². The Morgan fingerprint density at radius 1 is 1.43 bits per heavy atom. The van der Waals surface area contributed by atoms with Crippen LogP contribution in [0.2, 0.25) is 5.15 Å². The lowest BCUT2D eigenvalue weighted by molar-refractivity contribution is 0.0803. The van der Waals surface area contributed by atoms with Gasteiger partial charge in [0, 0.05) is 32.0 Å². The van der Waals surface area contributed by atoms with Crippen molar-refractivity contribution in [3.63, 3.8) is 0 Å². The van der Waals surface area contributed by atoms with Crippen LogP contribution >= 0.6 is 11.6 Å². The minimum atomic E-state index is -3.11. The van der Waals surface area contributed by atoms with Crippen molar-refractivity contribution in [1.29, 1.82) is 0 Å². The minimum Gasteiger partial charge on any atom is -0.370 e. The third-order valence-corrected chi connectivity index (χ3v) is 3.86. The van der Waals surface area contributed by atoms with E-state index < -0.39 is 9.84 Å². The molecule has 0 aliphatic carbocycles. The molecule has 0 aliphatic rings. The topological polar surface area (TPSA) is 79.4 Å². The quantitative estimate of drug-likeness (QED) is 0.768. The van der Waals surface area contributed by atoms with Gasteiger partial charge < -0.3 is 10.2 Å². The van der Waals surface area contributed by atoms with Gasteiger partial charge in [0.15, 0.2) is 0 Å². The maximum Gasteiger partial charge on any atom is 0.253 e. The fraction of sp³-hybridized carbons (Fsp3) is 0.538. The van der Waals surface area contributed by atoms with Gasteiger partial charge in [0.05, 0.1) is 5.75 Å². The van der Waals surface area contributed by atoms with Crippen molar-refractivity contribution in [2.24, 2.45) is 0 Å². The summed E-state index contributed by atoms with van der Waals surface area (Å²) < 4.78 is 22.3. The van der Waals surface area contributed by atoms with E-state index in [4.69, 9.17) is 11.6 Å². The number of amides is 1. The van der Waals surface area contributed by atoms with E-state index in [1.165, 1.54) is 11.0 Å². The Balaban J connectivity index is 2.83. The van der Waals surface area contributed by atoms with E-state index in [0.29, 0.717) is 11.4 Å². The van der Waals surface area contributed by atoms with Crippen LogP contribution in [0.1, 0.15) is 23.7 Å². The second-order valence-electron chi connectivity index (χ2n) is 4.85. The molecule has 8 heteroatoms. The number of nitrogens with zero attached hydrogens (tertiary/aromatic N) is 2. The van der Waals surface area contributed by atoms with Crippen molar-refractivity contribution in [2.45, 2.75) is 13.3 Å². The van der Waals surface area contributed by atoms with Crippen LogP contribution in [0.15, 0.2) is 12.1 Å². The van der Waals surface area contributed by atoms with Gasteiger partial charge in [-0.25, -0.2) is 13.4 Å². The lowest BCUT2D eigenvalue weighted by Gasteiger charge is -2.17. The molecule has 1 aromatic heterocycles. The summed E-state index contributed by atoms with van der Waals surface area (Å²) in [5.74, 6) is 0.168. The lowest BCUT2D eigenvalue weighted by atomic mass is 10.2. The predicted octanol–water partition coefficient (Wildman–Crippen LogP) is 1.67. The van der Waals surface area contributed by atoms with Crippen molar-refractivity contribution >= 4 is 33.2 Å². The number of pyridine rings is 1. The monoisotopic (exact) mass is 333 g/mol. The Labute approximate surface area is 130 Å². The molecule has 0 saturated carbocycles. The SMILES string of the molecule is CCCNc1cc(C(=O)N(C)CCS(C)(=O)=O)cc(Cl)n1. The second-order valence-corrected chi connectivity index (χ2v) is 7.49. The van der Waals surface area contributed by atoms with E-state index >= 15 is 0 Å². The zero-order valence-electron chi connectivity index (χ0n) is 12.4. The summed E-state index contributed by atoms with van der Waals surface area (Å²) in [6.07, 6.45) is 2.06. The summed E-state index contributed by atoms with van der Waals surface area (Å²) in [5.41, 5.74) is 0.379. The van der Waals surface area contributed by atoms with Crippen LogP contribution < -0.4 is 5.32 Å². The summed E-state index contributed by atoms with van der Waals surface area (Å²) >= 11 is 5.91. The van der Waals surface area contributed by atoms with Crippen LogP contribution in [0.3, 0.4) is 0 Å². The van der Waals surface area contributed by atoms with E-state index in [9.17, 15) is 13.2 Å². The van der Waals surface area contributed by atoms with Gasteiger partial charge >= 0.3 is 0 Å². The van der Waals surface area contributed by atoms with E-state index in [1.54, 1.807) is 13.1 Å². The van der Waals surface area contributed by atoms with Gasteiger partial charge in [-0.15, -0.1) is 0 Å². The molecule has 1 heterocycles. The maximum atomic E-state index is 12.3. The van der Waals surface area contributed by atoms with Crippen molar-refractivity contribution in [2.75, 3.05) is 37.5 Å². The van der Waals surface area contributed by atoms with E-state index in [1.807, 2.05) is 6.92 Å². The van der Waals surface area contributed by atoms with Gasteiger partial charge in [-0.3, -0.25) is 4.79 Å². The average Bonchev–Trinajstić information content (AvgIpc) is 2.40. The van der Waals surface area contributed by atoms with Gasteiger partial charge in [0.2, 0.25) is 0 Å². The number of halogens is 1. The highest BCUT2D eigenvalue weighted by atomic mass is 35.5. The van der Waals surface area contributed by atoms with Gasteiger partial charge in [-0.05, 0) is 18.6 Å². The molecule has 0 bridgehead atoms. The smallest absolute Gasteiger partial charge is 0.253 e. The first-order valence-electron chi connectivity index (χ1n) is 6.57. The molecule has 0 aromatic carbocycles. The molecule has 1 aromatic rings. The molecule has 0 fully saturated rings. The summed E-state index contributed by atoms with van der Waals surface area (Å²) in [6.45, 7) is 2.88. The van der Waals surface area contributed by atoms with Crippen molar-refractivity contribution in [3.8, 4) is 0 Å². The maximum absolute atomic E-state index is 12.3. The summed E-state index contributed by atoms with van der Waals surface area (Å²) in [6, 6.07) is 3.08. The molecule has 0 spiro atoms. The van der Waals surface area contributed by atoms with Crippen LogP contribution in [0.5, 0.6) is 0 Å². The molecule has 6 nitrogen and oxygen atoms in total. The number of nitrogens with one attached hydrogen (secondary N) is 1. The Morgan fingerprint density at radius 3 is 2.67 bits per heavy atom. The molecule has 1 N–H and O–H groups in total. The molecule has 0 radical (unpaired) electrons. The number of hydrogen-bond donors (Lipinski definition) is 1. The number of rotatable bonds is 7. The number of anilines is 1. The number of carbonyl (C=O) groups is 1. The molecule has 118 valence electrons. The van der Waals surface area contributed by atoms with Crippen LogP contribution in [-0.2, 0) is 9.84 Å². The highest BCUT2D eigenvalue weighted by Crippen LogP contribution is 2.16. The molecular weight excluding hydrogens is 314 g/mol. The number of hydrogen-bond acceptors (Lipinski definition) is 5. The Kier molecular flexibility index (Phi) is 6.42. The van der Waals surface area contributed by atoms with Crippen molar-refractivity contribution in [3.05, 3.63) is 22.8 Å². The van der Waals surface area contributed by atoms with Gasteiger partial charge in [-0.1, -0.05) is 18.5 Å². The number of aromatic nitrogens is 1. The second kappa shape index (κ2) is 7.61. The standard InChI is InChI=1S/C13H20ClN3O3S/c1-4-5-15-12-9-10(8-11(14)16-12)13(18)17(2)6-7-21(3,19)20/h8-9H,4-7H2,1-3H3,(H,15,16). The molecule has 0 atom stereocenters. The Bertz CT molecular complexity index is 605. The van der Waals surface area contributed by atoms with Crippen LogP contribution in [0.4, 0.5) is 5.82 Å². The fourth-order valence-corrected chi connectivity index (χ4v) is 2.40. The molecule has 1 rings (SSSR count). The van der Waals surface area contributed by atoms with Crippen LogP contribution in [-0.4, -0.2) is 56.4 Å². The minimum absolute atomic E-state index is 0.0744. The highest BCUT2D eigenvalue weighted by molar-refractivity contribution is 7.90. The predicted molar refractivity (Wildman–Crippen MR) is 84.7 cm³/mol. The third kappa shape index (κ3) is 6.31. The summed E-state index contributed by atoms with van der Waals surface area (Å²) in [7, 11) is -1.55. The number of sulfone groups is 1. The molecule has 21 heavy (non-hydrogen) atoms. The van der Waals surface area contributed by atoms with Gasteiger partial charge in [0.1, 0.15) is 20.8 Å². The van der Waals surface area contributed by atoms with Crippen LogP contribution in [0.25, 0.3) is 0 Å². The number of carbonyl (C=O) groups excluding carboxylic acids is 1. The first kappa shape index (κ1) is 17.7. The highest BCUT2D eigenvalue weighted by Gasteiger charge is 2.15. The summed E-state index contributed by atoms with van der Waals surface area (Å²) in [5, 5.41) is 3.28. The van der Waals surface area contributed by atoms with Crippen LogP contribution in [0, 0.1) is 0 Å². The van der Waals surface area contributed by atoms with E-state index in [2.05, 4.69) is 10.3 Å².